The standard InChI is InChI=1S/C15H21NO4/c1-15(2,14(18)19)7-8-16-13(17)12-6-4-5-11(9-12)10-20-3/h4-6,9H,7-8,10H2,1-3H3,(H,16,17)(H,18,19). The Balaban J connectivity index is 2.55. The number of nitrogens with one attached hydrogen (secondary N) is 1. The first kappa shape index (κ1) is 16.2. The van der Waals surface area contributed by atoms with Crippen LogP contribution in [0.5, 0.6) is 0 Å². The summed E-state index contributed by atoms with van der Waals surface area (Å²) in [4.78, 5) is 22.9. The molecule has 20 heavy (non-hydrogen) atoms. The van der Waals surface area contributed by atoms with Crippen molar-refractivity contribution in [3.05, 3.63) is 35.4 Å². The maximum atomic E-state index is 12.0. The summed E-state index contributed by atoms with van der Waals surface area (Å²) in [5.41, 5.74) is 0.629. The third kappa shape index (κ3) is 4.66. The van der Waals surface area contributed by atoms with E-state index in [1.807, 2.05) is 6.07 Å². The molecule has 0 spiro atoms. The highest BCUT2D eigenvalue weighted by atomic mass is 16.5. The van der Waals surface area contributed by atoms with E-state index in [1.54, 1.807) is 39.2 Å². The van der Waals surface area contributed by atoms with Crippen LogP contribution in [0.2, 0.25) is 0 Å². The molecule has 0 aliphatic carbocycles. The van der Waals surface area contributed by atoms with E-state index >= 15 is 0 Å². The fourth-order valence-corrected chi connectivity index (χ4v) is 1.67. The van der Waals surface area contributed by atoms with Crippen molar-refractivity contribution in [1.82, 2.24) is 5.32 Å². The molecular formula is C15H21NO4. The number of rotatable bonds is 7. The van der Waals surface area contributed by atoms with Crippen molar-refractivity contribution >= 4 is 11.9 Å². The van der Waals surface area contributed by atoms with Gasteiger partial charge in [-0.1, -0.05) is 12.1 Å². The molecule has 0 unspecified atom stereocenters. The van der Waals surface area contributed by atoms with Crippen LogP contribution >= 0.6 is 0 Å². The molecule has 0 radical (unpaired) electrons. The lowest BCUT2D eigenvalue weighted by molar-refractivity contribution is -0.147. The second kappa shape index (κ2) is 7.05. The lowest BCUT2D eigenvalue weighted by Crippen LogP contribution is -2.32. The summed E-state index contributed by atoms with van der Waals surface area (Å²) in [5, 5.41) is 11.7. The summed E-state index contributed by atoms with van der Waals surface area (Å²) >= 11 is 0. The van der Waals surface area contributed by atoms with E-state index in [0.29, 0.717) is 25.1 Å². The Hall–Kier alpha value is -1.88. The summed E-state index contributed by atoms with van der Waals surface area (Å²) in [7, 11) is 1.60. The van der Waals surface area contributed by atoms with Gasteiger partial charge in [0.15, 0.2) is 0 Å². The number of carboxylic acids is 1. The average molecular weight is 279 g/mol. The Morgan fingerprint density at radius 2 is 2.05 bits per heavy atom. The lowest BCUT2D eigenvalue weighted by Gasteiger charge is -2.18. The molecule has 2 N–H and O–H groups in total. The fourth-order valence-electron chi connectivity index (χ4n) is 1.67. The van der Waals surface area contributed by atoms with E-state index < -0.39 is 11.4 Å². The number of carbonyl (C=O) groups is 2. The van der Waals surface area contributed by atoms with E-state index in [1.165, 1.54) is 0 Å². The number of methoxy groups -OCH3 is 1. The highest BCUT2D eigenvalue weighted by molar-refractivity contribution is 5.94. The minimum Gasteiger partial charge on any atom is -0.481 e. The Morgan fingerprint density at radius 3 is 2.65 bits per heavy atom. The number of ether oxygens (including phenoxy) is 1. The van der Waals surface area contributed by atoms with Gasteiger partial charge in [0.2, 0.25) is 0 Å². The molecular weight excluding hydrogens is 258 g/mol. The van der Waals surface area contributed by atoms with Crippen LogP contribution in [0.4, 0.5) is 0 Å². The zero-order valence-corrected chi connectivity index (χ0v) is 12.1. The van der Waals surface area contributed by atoms with Gasteiger partial charge < -0.3 is 15.2 Å². The van der Waals surface area contributed by atoms with Gasteiger partial charge in [0.05, 0.1) is 12.0 Å². The van der Waals surface area contributed by atoms with Crippen LogP contribution < -0.4 is 5.32 Å². The maximum absolute atomic E-state index is 12.0. The number of carboxylic acid groups (broad SMARTS) is 1. The van der Waals surface area contributed by atoms with Crippen molar-refractivity contribution in [2.45, 2.75) is 26.9 Å². The Bertz CT molecular complexity index is 483. The number of hydrogen-bond donors (Lipinski definition) is 2. The van der Waals surface area contributed by atoms with E-state index in [-0.39, 0.29) is 5.91 Å². The van der Waals surface area contributed by atoms with E-state index in [2.05, 4.69) is 5.32 Å². The largest absolute Gasteiger partial charge is 0.481 e. The molecule has 1 amide bonds. The molecule has 0 saturated heterocycles. The van der Waals surface area contributed by atoms with Crippen molar-refractivity contribution in [1.29, 1.82) is 0 Å². The van der Waals surface area contributed by atoms with Crippen molar-refractivity contribution in [3.63, 3.8) is 0 Å². The maximum Gasteiger partial charge on any atom is 0.309 e. The smallest absolute Gasteiger partial charge is 0.309 e. The number of hydrogen-bond acceptors (Lipinski definition) is 3. The van der Waals surface area contributed by atoms with Crippen LogP contribution in [0.25, 0.3) is 0 Å². The van der Waals surface area contributed by atoms with Gasteiger partial charge in [0.1, 0.15) is 0 Å². The molecule has 0 fully saturated rings. The van der Waals surface area contributed by atoms with E-state index in [0.717, 1.165) is 5.56 Å². The molecule has 0 bridgehead atoms. The highest BCUT2D eigenvalue weighted by Gasteiger charge is 2.26. The van der Waals surface area contributed by atoms with Crippen molar-refractivity contribution < 1.29 is 19.4 Å². The lowest BCUT2D eigenvalue weighted by atomic mass is 9.90. The van der Waals surface area contributed by atoms with Crippen molar-refractivity contribution in [2.75, 3.05) is 13.7 Å². The first-order valence-electron chi connectivity index (χ1n) is 6.46. The molecule has 5 heteroatoms. The normalized spacial score (nSPS) is 11.2. The number of amides is 1. The molecule has 1 aromatic carbocycles. The van der Waals surface area contributed by atoms with Crippen LogP contribution in [-0.2, 0) is 16.1 Å². The predicted octanol–water partition coefficient (Wildman–Crippen LogP) is 2.06. The van der Waals surface area contributed by atoms with Gasteiger partial charge in [-0.15, -0.1) is 0 Å². The van der Waals surface area contributed by atoms with Crippen LogP contribution in [0.1, 0.15) is 36.2 Å². The van der Waals surface area contributed by atoms with Gasteiger partial charge in [-0.05, 0) is 38.0 Å². The minimum atomic E-state index is -0.867. The van der Waals surface area contributed by atoms with Gasteiger partial charge in [-0.25, -0.2) is 0 Å². The third-order valence-electron chi connectivity index (χ3n) is 3.11. The zero-order chi connectivity index (χ0) is 15.2. The summed E-state index contributed by atoms with van der Waals surface area (Å²) in [6.45, 7) is 4.06. The quantitative estimate of drug-likeness (QED) is 0.801. The van der Waals surface area contributed by atoms with Gasteiger partial charge in [-0.3, -0.25) is 9.59 Å². The summed E-state index contributed by atoms with van der Waals surface area (Å²) < 4.78 is 5.02. The second-order valence-electron chi connectivity index (χ2n) is 5.33. The van der Waals surface area contributed by atoms with E-state index in [9.17, 15) is 9.59 Å². The van der Waals surface area contributed by atoms with Gasteiger partial charge in [-0.2, -0.15) is 0 Å². The van der Waals surface area contributed by atoms with Crippen LogP contribution in [0.15, 0.2) is 24.3 Å². The number of aliphatic carboxylic acids is 1. The first-order valence-corrected chi connectivity index (χ1v) is 6.46. The van der Waals surface area contributed by atoms with Gasteiger partial charge >= 0.3 is 5.97 Å². The molecule has 0 aliphatic heterocycles. The summed E-state index contributed by atoms with van der Waals surface area (Å²) in [6.07, 6.45) is 0.381. The molecule has 5 nitrogen and oxygen atoms in total. The number of benzene rings is 1. The highest BCUT2D eigenvalue weighted by Crippen LogP contribution is 2.19. The zero-order valence-electron chi connectivity index (χ0n) is 12.1. The summed E-state index contributed by atoms with van der Waals surface area (Å²) in [6, 6.07) is 7.16. The average Bonchev–Trinajstić information content (AvgIpc) is 2.39. The van der Waals surface area contributed by atoms with Crippen LogP contribution in [0, 0.1) is 5.41 Å². The minimum absolute atomic E-state index is 0.204. The number of carbonyl (C=O) groups excluding carboxylic acids is 1. The Kier molecular flexibility index (Phi) is 5.70. The SMILES string of the molecule is COCc1cccc(C(=O)NCCC(C)(C)C(=O)O)c1. The monoisotopic (exact) mass is 279 g/mol. The summed E-state index contributed by atoms with van der Waals surface area (Å²) in [5.74, 6) is -1.07. The van der Waals surface area contributed by atoms with Crippen LogP contribution in [0.3, 0.4) is 0 Å². The molecule has 0 atom stereocenters. The second-order valence-corrected chi connectivity index (χ2v) is 5.33. The van der Waals surface area contributed by atoms with Crippen molar-refractivity contribution in [2.24, 2.45) is 5.41 Å². The molecule has 0 aromatic heterocycles. The molecule has 0 aliphatic rings. The topological polar surface area (TPSA) is 75.6 Å². The Labute approximate surface area is 118 Å². The van der Waals surface area contributed by atoms with Crippen LogP contribution in [-0.4, -0.2) is 30.6 Å². The molecule has 110 valence electrons. The first-order chi connectivity index (χ1) is 9.36. The third-order valence-corrected chi connectivity index (χ3v) is 3.11. The van der Waals surface area contributed by atoms with Gasteiger partial charge in [0.25, 0.3) is 5.91 Å². The predicted molar refractivity (Wildman–Crippen MR) is 75.5 cm³/mol. The molecule has 0 heterocycles. The van der Waals surface area contributed by atoms with Crippen molar-refractivity contribution in [3.8, 4) is 0 Å². The molecule has 1 aromatic rings. The molecule has 1 rings (SSSR count). The Morgan fingerprint density at radius 1 is 1.35 bits per heavy atom. The fraction of sp³-hybridized carbons (Fsp3) is 0.467. The molecule has 0 saturated carbocycles. The van der Waals surface area contributed by atoms with E-state index in [4.69, 9.17) is 9.84 Å². The van der Waals surface area contributed by atoms with Gasteiger partial charge in [0, 0.05) is 19.2 Å².